The molecule has 2 aromatic carbocycles. The van der Waals surface area contributed by atoms with Crippen molar-refractivity contribution in [2.24, 2.45) is 0 Å². The van der Waals surface area contributed by atoms with Crippen LogP contribution in [0, 0.1) is 6.92 Å². The molecule has 0 aliphatic carbocycles. The number of imidazole rings is 1. The first-order chi connectivity index (χ1) is 11.9. The Morgan fingerprint density at radius 1 is 1.16 bits per heavy atom. The van der Waals surface area contributed by atoms with E-state index in [2.05, 4.69) is 15.1 Å². The lowest BCUT2D eigenvalue weighted by Gasteiger charge is -2.07. The Hall–Kier alpha value is -2.64. The maximum atomic E-state index is 12.9. The minimum absolute atomic E-state index is 0.0444. The molecule has 0 spiro atoms. The number of halogens is 1. The number of rotatable bonds is 3. The van der Waals surface area contributed by atoms with Crippen molar-refractivity contribution in [3.8, 4) is 5.95 Å². The summed E-state index contributed by atoms with van der Waals surface area (Å²) >= 11 is 6.26. The van der Waals surface area contributed by atoms with Gasteiger partial charge in [-0.3, -0.25) is 0 Å². The molecule has 0 unspecified atom stereocenters. The van der Waals surface area contributed by atoms with Gasteiger partial charge in [0, 0.05) is 12.4 Å². The standard InChI is InChI=1S/C17H13ClN4O2S/c1-11-4-2-5-12(8-11)25(23,24)16-10-15-14(9-13(16)18)20-17(21-15)22-7-3-6-19-22/h2-10H,1H3,(H,20,21). The van der Waals surface area contributed by atoms with Crippen LogP contribution in [0.2, 0.25) is 5.02 Å². The second-order valence-corrected chi connectivity index (χ2v) is 7.96. The number of sulfone groups is 1. The molecule has 4 aromatic rings. The Morgan fingerprint density at radius 3 is 2.72 bits per heavy atom. The van der Waals surface area contributed by atoms with E-state index in [0.717, 1.165) is 5.56 Å². The molecule has 4 rings (SSSR count). The molecule has 0 bridgehead atoms. The molecule has 126 valence electrons. The summed E-state index contributed by atoms with van der Waals surface area (Å²) in [7, 11) is -3.73. The van der Waals surface area contributed by atoms with Crippen molar-refractivity contribution in [1.29, 1.82) is 0 Å². The number of hydrogen-bond acceptors (Lipinski definition) is 4. The van der Waals surface area contributed by atoms with E-state index in [0.29, 0.717) is 17.0 Å². The highest BCUT2D eigenvalue weighted by molar-refractivity contribution is 7.91. The lowest BCUT2D eigenvalue weighted by atomic mass is 10.2. The number of benzene rings is 2. The molecule has 0 saturated heterocycles. The zero-order valence-electron chi connectivity index (χ0n) is 13.1. The molecular weight excluding hydrogens is 360 g/mol. The molecule has 0 radical (unpaired) electrons. The quantitative estimate of drug-likeness (QED) is 0.596. The summed E-state index contributed by atoms with van der Waals surface area (Å²) in [4.78, 5) is 7.71. The molecule has 0 aliphatic rings. The topological polar surface area (TPSA) is 80.6 Å². The van der Waals surface area contributed by atoms with Gasteiger partial charge in [-0.1, -0.05) is 23.7 Å². The average Bonchev–Trinajstić information content (AvgIpc) is 3.22. The lowest BCUT2D eigenvalue weighted by molar-refractivity contribution is 0.596. The third-order valence-electron chi connectivity index (χ3n) is 3.83. The van der Waals surface area contributed by atoms with Gasteiger partial charge in [-0.15, -0.1) is 0 Å². The maximum absolute atomic E-state index is 12.9. The van der Waals surface area contributed by atoms with Crippen LogP contribution in [-0.2, 0) is 9.84 Å². The van der Waals surface area contributed by atoms with Crippen molar-refractivity contribution in [3.05, 3.63) is 65.4 Å². The largest absolute Gasteiger partial charge is 0.322 e. The minimum atomic E-state index is -3.73. The first kappa shape index (κ1) is 15.9. The monoisotopic (exact) mass is 372 g/mol. The highest BCUT2D eigenvalue weighted by Gasteiger charge is 2.22. The van der Waals surface area contributed by atoms with Crippen LogP contribution in [0.3, 0.4) is 0 Å². The van der Waals surface area contributed by atoms with Crippen LogP contribution < -0.4 is 0 Å². The van der Waals surface area contributed by atoms with E-state index < -0.39 is 9.84 Å². The molecule has 2 aromatic heterocycles. The number of nitrogens with zero attached hydrogens (tertiary/aromatic N) is 3. The molecule has 25 heavy (non-hydrogen) atoms. The van der Waals surface area contributed by atoms with Crippen molar-refractivity contribution in [2.45, 2.75) is 16.7 Å². The number of H-pyrrole nitrogens is 1. The number of hydrogen-bond donors (Lipinski definition) is 1. The van der Waals surface area contributed by atoms with Gasteiger partial charge in [0.1, 0.15) is 0 Å². The van der Waals surface area contributed by atoms with E-state index in [1.54, 1.807) is 47.4 Å². The maximum Gasteiger partial charge on any atom is 0.229 e. The van der Waals surface area contributed by atoms with Gasteiger partial charge in [0.25, 0.3) is 0 Å². The van der Waals surface area contributed by atoms with Gasteiger partial charge in [-0.25, -0.2) is 18.1 Å². The SMILES string of the molecule is Cc1cccc(S(=O)(=O)c2cc3[nH]c(-n4cccn4)nc3cc2Cl)c1. The van der Waals surface area contributed by atoms with Gasteiger partial charge in [0.15, 0.2) is 0 Å². The molecule has 0 amide bonds. The second kappa shape index (κ2) is 5.72. The van der Waals surface area contributed by atoms with Crippen molar-refractivity contribution in [1.82, 2.24) is 19.7 Å². The third kappa shape index (κ3) is 2.71. The van der Waals surface area contributed by atoms with Crippen LogP contribution in [0.5, 0.6) is 0 Å². The van der Waals surface area contributed by atoms with E-state index in [9.17, 15) is 8.42 Å². The van der Waals surface area contributed by atoms with Crippen LogP contribution in [-0.4, -0.2) is 28.2 Å². The molecule has 0 fully saturated rings. The van der Waals surface area contributed by atoms with Gasteiger partial charge in [0.05, 0.1) is 25.8 Å². The second-order valence-electron chi connectivity index (χ2n) is 5.63. The summed E-state index contributed by atoms with van der Waals surface area (Å²) in [6, 6.07) is 11.6. The fourth-order valence-corrected chi connectivity index (χ4v) is 4.52. The van der Waals surface area contributed by atoms with Gasteiger partial charge in [-0.2, -0.15) is 5.10 Å². The summed E-state index contributed by atoms with van der Waals surface area (Å²) in [6.07, 6.45) is 3.37. The van der Waals surface area contributed by atoms with Gasteiger partial charge in [0.2, 0.25) is 15.8 Å². The Balaban J connectivity index is 1.89. The van der Waals surface area contributed by atoms with Crippen LogP contribution in [0.15, 0.2) is 64.6 Å². The zero-order chi connectivity index (χ0) is 17.6. The summed E-state index contributed by atoms with van der Waals surface area (Å²) in [5.41, 5.74) is 2.00. The van der Waals surface area contributed by atoms with E-state index >= 15 is 0 Å². The smallest absolute Gasteiger partial charge is 0.229 e. The first-order valence-corrected chi connectivity index (χ1v) is 9.32. The van der Waals surface area contributed by atoms with E-state index in [1.807, 2.05) is 13.0 Å². The highest BCUT2D eigenvalue weighted by atomic mass is 35.5. The van der Waals surface area contributed by atoms with E-state index in [-0.39, 0.29) is 14.8 Å². The molecule has 0 saturated carbocycles. The summed E-state index contributed by atoms with van der Waals surface area (Å²) in [5, 5.41) is 4.24. The van der Waals surface area contributed by atoms with Crippen molar-refractivity contribution in [3.63, 3.8) is 0 Å². The Morgan fingerprint density at radius 2 is 2.00 bits per heavy atom. The highest BCUT2D eigenvalue weighted by Crippen LogP contribution is 2.31. The normalized spacial score (nSPS) is 11.9. The first-order valence-electron chi connectivity index (χ1n) is 7.46. The summed E-state index contributed by atoms with van der Waals surface area (Å²) in [5.74, 6) is 0.487. The van der Waals surface area contributed by atoms with Gasteiger partial charge < -0.3 is 4.98 Å². The molecule has 0 aliphatic heterocycles. The lowest BCUT2D eigenvalue weighted by Crippen LogP contribution is -2.03. The van der Waals surface area contributed by atoms with Gasteiger partial charge in [-0.05, 0) is 42.8 Å². The Kier molecular flexibility index (Phi) is 3.63. The minimum Gasteiger partial charge on any atom is -0.322 e. The molecule has 8 heteroatoms. The van der Waals surface area contributed by atoms with Crippen molar-refractivity contribution < 1.29 is 8.42 Å². The number of aromatic amines is 1. The third-order valence-corrected chi connectivity index (χ3v) is 6.05. The van der Waals surface area contributed by atoms with Gasteiger partial charge >= 0.3 is 0 Å². The zero-order valence-corrected chi connectivity index (χ0v) is 14.7. The van der Waals surface area contributed by atoms with Crippen LogP contribution in [0.4, 0.5) is 0 Å². The molecule has 6 nitrogen and oxygen atoms in total. The predicted octanol–water partition coefficient (Wildman–Crippen LogP) is 3.54. The number of nitrogens with one attached hydrogen (secondary N) is 1. The number of fused-ring (bicyclic) bond motifs is 1. The number of aromatic nitrogens is 4. The van der Waals surface area contributed by atoms with Crippen LogP contribution >= 0.6 is 11.6 Å². The number of aryl methyl sites for hydroxylation is 1. The van der Waals surface area contributed by atoms with Crippen molar-refractivity contribution >= 4 is 32.5 Å². The molecule has 2 heterocycles. The molecule has 1 N–H and O–H groups in total. The van der Waals surface area contributed by atoms with Crippen molar-refractivity contribution in [2.75, 3.05) is 0 Å². The molecule has 0 atom stereocenters. The fraction of sp³-hybridized carbons (Fsp3) is 0.0588. The van der Waals surface area contributed by atoms with Crippen LogP contribution in [0.1, 0.15) is 5.56 Å². The Bertz CT molecular complexity index is 1180. The summed E-state index contributed by atoms with van der Waals surface area (Å²) in [6.45, 7) is 1.84. The Labute approximate surface area is 149 Å². The van der Waals surface area contributed by atoms with Crippen LogP contribution in [0.25, 0.3) is 17.0 Å². The summed E-state index contributed by atoms with van der Waals surface area (Å²) < 4.78 is 27.5. The van der Waals surface area contributed by atoms with E-state index in [4.69, 9.17) is 11.6 Å². The predicted molar refractivity (Wildman–Crippen MR) is 94.9 cm³/mol. The average molecular weight is 373 g/mol. The molecular formula is C17H13ClN4O2S. The fourth-order valence-electron chi connectivity index (χ4n) is 2.62. The van der Waals surface area contributed by atoms with E-state index in [1.165, 1.54) is 6.07 Å².